The number of benzene rings is 1. The number of amides is 1. The van der Waals surface area contributed by atoms with Crippen molar-refractivity contribution in [3.8, 4) is 0 Å². The van der Waals surface area contributed by atoms with Crippen LogP contribution in [0.1, 0.15) is 10.4 Å². The fraction of sp³-hybridized carbons (Fsp3) is 0.0769. The highest BCUT2D eigenvalue weighted by Gasteiger charge is 2.15. The second-order valence-corrected chi connectivity index (χ2v) is 6.89. The summed E-state index contributed by atoms with van der Waals surface area (Å²) in [5.41, 5.74) is 0.642. The molecule has 0 atom stereocenters. The number of pyridine rings is 1. The predicted molar refractivity (Wildman–Crippen MR) is 79.4 cm³/mol. The van der Waals surface area contributed by atoms with Gasteiger partial charge < -0.3 is 5.32 Å². The van der Waals surface area contributed by atoms with E-state index in [0.29, 0.717) is 10.2 Å². The lowest BCUT2D eigenvalue weighted by molar-refractivity contribution is 0.102. The molecule has 0 unspecified atom stereocenters. The fourth-order valence-corrected chi connectivity index (χ4v) is 2.84. The van der Waals surface area contributed by atoms with Gasteiger partial charge in [-0.25, -0.2) is 13.4 Å². The molecule has 0 saturated heterocycles. The largest absolute Gasteiger partial charge is 0.321 e. The summed E-state index contributed by atoms with van der Waals surface area (Å²) >= 11 is 3.18. The molecule has 2 aromatic rings. The number of rotatable bonds is 3. The number of hydrogen-bond acceptors (Lipinski definition) is 4. The van der Waals surface area contributed by atoms with Crippen LogP contribution in [0.25, 0.3) is 0 Å². The van der Waals surface area contributed by atoms with Gasteiger partial charge in [-0.2, -0.15) is 0 Å². The molecular weight excluding hydrogens is 344 g/mol. The van der Waals surface area contributed by atoms with Gasteiger partial charge in [0.05, 0.1) is 10.6 Å². The topological polar surface area (TPSA) is 76.1 Å². The minimum absolute atomic E-state index is 0.0847. The van der Waals surface area contributed by atoms with Gasteiger partial charge in [-0.1, -0.05) is 12.1 Å². The number of anilines is 1. The van der Waals surface area contributed by atoms with E-state index in [4.69, 9.17) is 0 Å². The molecule has 1 amide bonds. The molecule has 20 heavy (non-hydrogen) atoms. The van der Waals surface area contributed by atoms with Crippen LogP contribution in [-0.2, 0) is 9.84 Å². The van der Waals surface area contributed by atoms with Crippen LogP contribution in [0, 0.1) is 0 Å². The standard InChI is InChI=1S/C13H11BrN2O3S/c1-20(18,19)11-5-3-2-4-10(11)16-13(17)9-6-7-15-12(14)8-9/h2-8H,1H3,(H,16,17). The zero-order valence-electron chi connectivity index (χ0n) is 10.5. The number of sulfone groups is 1. The normalized spacial score (nSPS) is 11.1. The van der Waals surface area contributed by atoms with Crippen LogP contribution in [0.3, 0.4) is 0 Å². The van der Waals surface area contributed by atoms with Gasteiger partial charge in [-0.05, 0) is 40.2 Å². The maximum Gasteiger partial charge on any atom is 0.255 e. The lowest BCUT2D eigenvalue weighted by Gasteiger charge is -2.09. The fourth-order valence-electron chi connectivity index (χ4n) is 1.63. The lowest BCUT2D eigenvalue weighted by Crippen LogP contribution is -2.14. The smallest absolute Gasteiger partial charge is 0.255 e. The van der Waals surface area contributed by atoms with Crippen molar-refractivity contribution in [2.75, 3.05) is 11.6 Å². The van der Waals surface area contributed by atoms with E-state index in [1.807, 2.05) is 0 Å². The Morgan fingerprint density at radius 3 is 2.60 bits per heavy atom. The number of halogens is 1. The molecule has 0 bridgehead atoms. The van der Waals surface area contributed by atoms with Crippen LogP contribution >= 0.6 is 15.9 Å². The Morgan fingerprint density at radius 2 is 1.95 bits per heavy atom. The molecule has 5 nitrogen and oxygen atoms in total. The quantitative estimate of drug-likeness (QED) is 0.859. The molecule has 1 N–H and O–H groups in total. The summed E-state index contributed by atoms with van der Waals surface area (Å²) in [7, 11) is -3.41. The zero-order chi connectivity index (χ0) is 14.8. The van der Waals surface area contributed by atoms with Crippen molar-refractivity contribution >= 4 is 37.4 Å². The third-order valence-corrected chi connectivity index (χ3v) is 4.11. The van der Waals surface area contributed by atoms with E-state index in [1.54, 1.807) is 30.3 Å². The Balaban J connectivity index is 2.34. The van der Waals surface area contributed by atoms with Crippen LogP contribution in [0.5, 0.6) is 0 Å². The molecule has 0 fully saturated rings. The number of para-hydroxylation sites is 1. The highest BCUT2D eigenvalue weighted by Crippen LogP contribution is 2.21. The molecule has 104 valence electrons. The second kappa shape index (κ2) is 5.72. The summed E-state index contributed by atoms with van der Waals surface area (Å²) < 4.78 is 23.8. The van der Waals surface area contributed by atoms with Crippen LogP contribution in [-0.4, -0.2) is 25.6 Å². The second-order valence-electron chi connectivity index (χ2n) is 4.09. The minimum Gasteiger partial charge on any atom is -0.321 e. The summed E-state index contributed by atoms with van der Waals surface area (Å²) in [6.07, 6.45) is 2.59. The summed E-state index contributed by atoms with van der Waals surface area (Å²) in [5, 5.41) is 2.59. The summed E-state index contributed by atoms with van der Waals surface area (Å²) in [4.78, 5) is 16.1. The number of nitrogens with zero attached hydrogens (tertiary/aromatic N) is 1. The molecule has 0 aliphatic heterocycles. The molecule has 1 aromatic carbocycles. The van der Waals surface area contributed by atoms with Gasteiger partial charge in [0.15, 0.2) is 9.84 Å². The van der Waals surface area contributed by atoms with E-state index in [1.165, 1.54) is 12.3 Å². The van der Waals surface area contributed by atoms with Crippen molar-refractivity contribution in [1.29, 1.82) is 0 Å². The van der Waals surface area contributed by atoms with Crippen LogP contribution < -0.4 is 5.32 Å². The summed E-state index contributed by atoms with van der Waals surface area (Å²) in [6, 6.07) is 9.36. The van der Waals surface area contributed by atoms with Crippen molar-refractivity contribution in [2.24, 2.45) is 0 Å². The molecule has 0 aliphatic rings. The first-order valence-electron chi connectivity index (χ1n) is 5.60. The Bertz CT molecular complexity index is 760. The highest BCUT2D eigenvalue weighted by atomic mass is 79.9. The number of nitrogens with one attached hydrogen (secondary N) is 1. The third kappa shape index (κ3) is 3.43. The molecule has 1 heterocycles. The van der Waals surface area contributed by atoms with Gasteiger partial charge in [0.2, 0.25) is 0 Å². The van der Waals surface area contributed by atoms with Crippen LogP contribution in [0.15, 0.2) is 52.1 Å². The Labute approximate surface area is 125 Å². The Kier molecular flexibility index (Phi) is 4.20. The molecule has 2 rings (SSSR count). The van der Waals surface area contributed by atoms with Gasteiger partial charge in [0.1, 0.15) is 4.60 Å². The van der Waals surface area contributed by atoms with Gasteiger partial charge in [0.25, 0.3) is 5.91 Å². The third-order valence-electron chi connectivity index (χ3n) is 2.52. The first-order chi connectivity index (χ1) is 9.38. The summed E-state index contributed by atoms with van der Waals surface area (Å²) in [5.74, 6) is -0.399. The van der Waals surface area contributed by atoms with Crippen molar-refractivity contribution in [1.82, 2.24) is 4.98 Å². The predicted octanol–water partition coefficient (Wildman–Crippen LogP) is 2.50. The van der Waals surface area contributed by atoms with E-state index in [0.717, 1.165) is 6.26 Å². The Morgan fingerprint density at radius 1 is 1.25 bits per heavy atom. The van der Waals surface area contributed by atoms with Crippen molar-refractivity contribution in [3.63, 3.8) is 0 Å². The number of hydrogen-bond donors (Lipinski definition) is 1. The molecule has 1 aromatic heterocycles. The van der Waals surface area contributed by atoms with Crippen LogP contribution in [0.4, 0.5) is 5.69 Å². The van der Waals surface area contributed by atoms with E-state index in [9.17, 15) is 13.2 Å². The average molecular weight is 355 g/mol. The molecule has 7 heteroatoms. The van der Waals surface area contributed by atoms with Gasteiger partial charge in [-0.15, -0.1) is 0 Å². The molecular formula is C13H11BrN2O3S. The first kappa shape index (κ1) is 14.7. The lowest BCUT2D eigenvalue weighted by atomic mass is 10.2. The van der Waals surface area contributed by atoms with E-state index < -0.39 is 15.7 Å². The minimum atomic E-state index is -3.41. The SMILES string of the molecule is CS(=O)(=O)c1ccccc1NC(=O)c1ccnc(Br)c1. The maximum absolute atomic E-state index is 12.1. The molecule has 0 radical (unpaired) electrons. The summed E-state index contributed by atoms with van der Waals surface area (Å²) in [6.45, 7) is 0. The van der Waals surface area contributed by atoms with Crippen molar-refractivity contribution in [3.05, 3.63) is 52.8 Å². The Hall–Kier alpha value is -1.73. The van der Waals surface area contributed by atoms with Gasteiger partial charge >= 0.3 is 0 Å². The van der Waals surface area contributed by atoms with Crippen molar-refractivity contribution < 1.29 is 13.2 Å². The van der Waals surface area contributed by atoms with E-state index in [2.05, 4.69) is 26.2 Å². The highest BCUT2D eigenvalue weighted by molar-refractivity contribution is 9.10. The van der Waals surface area contributed by atoms with E-state index >= 15 is 0 Å². The van der Waals surface area contributed by atoms with Gasteiger partial charge in [0, 0.05) is 18.0 Å². The number of carbonyl (C=O) groups is 1. The van der Waals surface area contributed by atoms with Crippen LogP contribution in [0.2, 0.25) is 0 Å². The van der Waals surface area contributed by atoms with E-state index in [-0.39, 0.29) is 10.6 Å². The zero-order valence-corrected chi connectivity index (χ0v) is 12.9. The molecule has 0 aliphatic carbocycles. The average Bonchev–Trinajstić information content (AvgIpc) is 2.38. The maximum atomic E-state index is 12.1. The monoisotopic (exact) mass is 354 g/mol. The number of carbonyl (C=O) groups excluding carboxylic acids is 1. The van der Waals surface area contributed by atoms with Gasteiger partial charge in [-0.3, -0.25) is 4.79 Å². The van der Waals surface area contributed by atoms with Crippen molar-refractivity contribution in [2.45, 2.75) is 4.90 Å². The molecule has 0 spiro atoms. The first-order valence-corrected chi connectivity index (χ1v) is 8.28. The number of aromatic nitrogens is 1. The molecule has 0 saturated carbocycles.